The molecule has 174 valence electrons. The van der Waals surface area contributed by atoms with Gasteiger partial charge in [0.25, 0.3) is 5.91 Å². The van der Waals surface area contributed by atoms with Crippen LogP contribution < -0.4 is 4.90 Å². The van der Waals surface area contributed by atoms with Crippen LogP contribution in [-0.2, 0) is 15.6 Å². The summed E-state index contributed by atoms with van der Waals surface area (Å²) in [6, 6.07) is 12.4. The topological polar surface area (TPSA) is 57.7 Å². The number of amides is 1. The zero-order valence-electron chi connectivity index (χ0n) is 19.2. The first kappa shape index (κ1) is 24.2. The quantitative estimate of drug-likeness (QED) is 0.288. The first-order valence-electron chi connectivity index (χ1n) is 10.7. The lowest BCUT2D eigenvalue weighted by Crippen LogP contribution is -2.47. The van der Waals surface area contributed by atoms with Crippen molar-refractivity contribution in [1.29, 1.82) is 0 Å². The molecule has 1 amide bonds. The molecule has 0 saturated carbocycles. The van der Waals surface area contributed by atoms with Gasteiger partial charge in [0.1, 0.15) is 3.82 Å². The Labute approximate surface area is 207 Å². The molecule has 5 nitrogen and oxygen atoms in total. The summed E-state index contributed by atoms with van der Waals surface area (Å²) in [5.74, 6) is -0.173. The molecule has 3 aromatic rings. The number of carbonyl (C=O) groups is 1. The number of sulfonamides is 1. The fourth-order valence-electron chi connectivity index (χ4n) is 4.31. The molecule has 1 aliphatic heterocycles. The summed E-state index contributed by atoms with van der Waals surface area (Å²) < 4.78 is 27.9. The van der Waals surface area contributed by atoms with Crippen molar-refractivity contribution in [2.24, 2.45) is 0 Å². The normalized spacial score (nSPS) is 14.8. The van der Waals surface area contributed by atoms with E-state index in [9.17, 15) is 13.2 Å². The molecule has 0 spiro atoms. The second kappa shape index (κ2) is 8.70. The third-order valence-corrected chi connectivity index (χ3v) is 11.5. The van der Waals surface area contributed by atoms with Gasteiger partial charge in [-0.2, -0.15) is 4.31 Å². The molecule has 1 aromatic heterocycles. The Morgan fingerprint density at radius 1 is 1.06 bits per heavy atom. The largest absolute Gasteiger partial charge is 0.297 e. The summed E-state index contributed by atoms with van der Waals surface area (Å²) in [5.41, 5.74) is 3.73. The van der Waals surface area contributed by atoms with Gasteiger partial charge in [-0.1, -0.05) is 58.9 Å². The number of rotatable bonds is 5. The monoisotopic (exact) mass is 518 g/mol. The smallest absolute Gasteiger partial charge is 0.259 e. The number of hydrogen-bond donors (Lipinski definition) is 0. The minimum Gasteiger partial charge on any atom is -0.297 e. The fraction of sp³-hybridized carbons (Fsp3) is 0.333. The van der Waals surface area contributed by atoms with Crippen molar-refractivity contribution in [1.82, 2.24) is 4.31 Å². The molecule has 2 heterocycles. The van der Waals surface area contributed by atoms with Crippen LogP contribution in [-0.4, -0.2) is 31.7 Å². The molecule has 0 saturated heterocycles. The third-order valence-electron chi connectivity index (χ3n) is 6.06. The lowest BCUT2D eigenvalue weighted by atomic mass is 9.86. The lowest BCUT2D eigenvalue weighted by molar-refractivity contribution is 0.0961. The Morgan fingerprint density at radius 2 is 1.70 bits per heavy atom. The first-order chi connectivity index (χ1) is 15.5. The van der Waals surface area contributed by atoms with E-state index in [4.69, 9.17) is 12.2 Å². The molecule has 1 aliphatic rings. The van der Waals surface area contributed by atoms with Crippen molar-refractivity contribution in [2.45, 2.75) is 45.1 Å². The van der Waals surface area contributed by atoms with Gasteiger partial charge < -0.3 is 0 Å². The maximum Gasteiger partial charge on any atom is 0.259 e. The van der Waals surface area contributed by atoms with Gasteiger partial charge in [0.05, 0.1) is 21.0 Å². The van der Waals surface area contributed by atoms with E-state index in [-0.39, 0.29) is 10.8 Å². The maximum absolute atomic E-state index is 13.9. The molecule has 4 rings (SSSR count). The highest BCUT2D eigenvalue weighted by Gasteiger charge is 2.43. The average Bonchev–Trinajstić information content (AvgIpc) is 3.17. The van der Waals surface area contributed by atoms with Crippen molar-refractivity contribution < 1.29 is 13.2 Å². The highest BCUT2D eigenvalue weighted by molar-refractivity contribution is 7.89. The third kappa shape index (κ3) is 3.89. The molecule has 0 atom stereocenters. The number of hydrogen-bond acceptors (Lipinski definition) is 6. The van der Waals surface area contributed by atoms with Gasteiger partial charge in [0, 0.05) is 29.8 Å². The average molecular weight is 519 g/mol. The van der Waals surface area contributed by atoms with E-state index in [0.29, 0.717) is 18.7 Å². The number of carbonyl (C=O) groups excluding carboxylic acids is 1. The van der Waals surface area contributed by atoms with Crippen molar-refractivity contribution >= 4 is 54.5 Å². The van der Waals surface area contributed by atoms with Crippen LogP contribution in [0.5, 0.6) is 0 Å². The summed E-state index contributed by atoms with van der Waals surface area (Å²) in [7, 11) is -0.409. The molecule has 0 unspecified atom stereocenters. The number of benzene rings is 2. The van der Waals surface area contributed by atoms with Crippen LogP contribution in [0.4, 0.5) is 5.69 Å². The van der Waals surface area contributed by atoms with E-state index in [1.54, 1.807) is 32.8 Å². The molecular weight excluding hydrogens is 493 g/mol. The molecule has 0 bridgehead atoms. The van der Waals surface area contributed by atoms with Crippen LogP contribution in [0.15, 0.2) is 47.4 Å². The Kier molecular flexibility index (Phi) is 6.39. The standard InChI is InChI=1S/C24H26N2O3S4/c1-6-25(7-2)33(28,29)17-11-9-16(10-12-17)22(27)26-19-14-15(3)8-13-18(19)20-21(24(26,4)5)31-32-23(20)30/h8-14H,6-7H2,1-5H3. The molecule has 33 heavy (non-hydrogen) atoms. The summed E-state index contributed by atoms with van der Waals surface area (Å²) in [5, 5.41) is 0. The zero-order chi connectivity index (χ0) is 24.1. The minimum absolute atomic E-state index is 0.173. The van der Waals surface area contributed by atoms with Gasteiger partial charge in [0.2, 0.25) is 10.0 Å². The second-order valence-corrected chi connectivity index (χ2v) is 13.2. The SMILES string of the molecule is CCN(CC)S(=O)(=O)c1ccc(C(=O)N2c3cc(C)ccc3-c3c(ssc3=S)C2(C)C)cc1. The first-order valence-corrected chi connectivity index (χ1v) is 14.7. The fourth-order valence-corrected chi connectivity index (χ4v) is 9.05. The number of nitrogens with zero attached hydrogens (tertiary/aromatic N) is 2. The highest BCUT2D eigenvalue weighted by atomic mass is 32.9. The van der Waals surface area contributed by atoms with Gasteiger partial charge >= 0.3 is 0 Å². The molecule has 9 heteroatoms. The number of aryl methyl sites for hydroxylation is 1. The van der Waals surface area contributed by atoms with Crippen molar-refractivity contribution in [2.75, 3.05) is 18.0 Å². The zero-order valence-corrected chi connectivity index (χ0v) is 22.5. The van der Waals surface area contributed by atoms with Crippen LogP contribution in [0.3, 0.4) is 0 Å². The number of fused-ring (bicyclic) bond motifs is 3. The maximum atomic E-state index is 13.9. The Bertz CT molecular complexity index is 1380. The molecule has 0 fully saturated rings. The highest BCUT2D eigenvalue weighted by Crippen LogP contribution is 2.52. The van der Waals surface area contributed by atoms with Crippen molar-refractivity contribution in [3.8, 4) is 11.1 Å². The Hall–Kier alpha value is -1.91. The van der Waals surface area contributed by atoms with Gasteiger partial charge in [-0.15, -0.1) is 0 Å². The second-order valence-electron chi connectivity index (χ2n) is 8.49. The van der Waals surface area contributed by atoms with Gasteiger partial charge in [0.15, 0.2) is 0 Å². The Balaban J connectivity index is 1.80. The summed E-state index contributed by atoms with van der Waals surface area (Å²) in [6.07, 6.45) is 0. The predicted molar refractivity (Wildman–Crippen MR) is 140 cm³/mol. The van der Waals surface area contributed by atoms with Gasteiger partial charge in [-0.25, -0.2) is 8.42 Å². The molecule has 0 N–H and O–H groups in total. The summed E-state index contributed by atoms with van der Waals surface area (Å²) >= 11 is 5.64. The van der Waals surface area contributed by atoms with E-state index in [1.807, 2.05) is 57.7 Å². The Morgan fingerprint density at radius 3 is 2.30 bits per heavy atom. The van der Waals surface area contributed by atoms with Gasteiger partial charge in [-0.3, -0.25) is 9.69 Å². The van der Waals surface area contributed by atoms with Gasteiger partial charge in [-0.05, 0) is 56.7 Å². The lowest BCUT2D eigenvalue weighted by Gasteiger charge is -2.43. The number of anilines is 1. The van der Waals surface area contributed by atoms with Crippen molar-refractivity contribution in [3.05, 3.63) is 62.3 Å². The summed E-state index contributed by atoms with van der Waals surface area (Å²) in [4.78, 5) is 16.9. The molecule has 0 radical (unpaired) electrons. The van der Waals surface area contributed by atoms with Crippen LogP contribution >= 0.6 is 32.9 Å². The minimum atomic E-state index is -3.58. The molecule has 0 aliphatic carbocycles. The van der Waals surface area contributed by atoms with E-state index in [1.165, 1.54) is 16.4 Å². The van der Waals surface area contributed by atoms with E-state index in [0.717, 1.165) is 31.1 Å². The van der Waals surface area contributed by atoms with Crippen molar-refractivity contribution in [3.63, 3.8) is 0 Å². The molecule has 2 aromatic carbocycles. The van der Waals surface area contributed by atoms with E-state index >= 15 is 0 Å². The van der Waals surface area contributed by atoms with Crippen LogP contribution in [0.25, 0.3) is 11.1 Å². The molecular formula is C24H26N2O3S4. The van der Waals surface area contributed by atoms with Crippen LogP contribution in [0.2, 0.25) is 0 Å². The van der Waals surface area contributed by atoms with Crippen LogP contribution in [0, 0.1) is 10.7 Å². The van der Waals surface area contributed by atoms with E-state index < -0.39 is 15.6 Å². The van der Waals surface area contributed by atoms with Crippen LogP contribution in [0.1, 0.15) is 48.5 Å². The summed E-state index contributed by atoms with van der Waals surface area (Å²) in [6.45, 7) is 10.5. The predicted octanol–water partition coefficient (Wildman–Crippen LogP) is 6.44. The van der Waals surface area contributed by atoms with E-state index in [2.05, 4.69) is 0 Å².